The van der Waals surface area contributed by atoms with Crippen molar-refractivity contribution >= 4 is 0 Å². The van der Waals surface area contributed by atoms with E-state index in [-0.39, 0.29) is 0 Å². The van der Waals surface area contributed by atoms with Gasteiger partial charge in [0.15, 0.2) is 0 Å². The molecule has 0 aliphatic carbocycles. The lowest BCUT2D eigenvalue weighted by atomic mass is 9.94. The maximum absolute atomic E-state index is 9.07. The molecule has 0 aromatic carbocycles. The molecule has 0 aliphatic heterocycles. The predicted octanol–water partition coefficient (Wildman–Crippen LogP) is 1.85. The fraction of sp³-hybridized carbons (Fsp3) is 0.917. The van der Waals surface area contributed by atoms with Crippen molar-refractivity contribution in [3.63, 3.8) is 0 Å². The van der Waals surface area contributed by atoms with E-state index in [0.29, 0.717) is 12.0 Å². The van der Waals surface area contributed by atoms with Gasteiger partial charge in [0, 0.05) is 12.6 Å². The largest absolute Gasteiger partial charge is 0.303 e. The van der Waals surface area contributed by atoms with Crippen LogP contribution >= 0.6 is 0 Å². The lowest BCUT2D eigenvalue weighted by Gasteiger charge is -2.31. The van der Waals surface area contributed by atoms with Gasteiger partial charge in [-0.1, -0.05) is 13.8 Å². The molecule has 0 bridgehead atoms. The van der Waals surface area contributed by atoms with Crippen molar-refractivity contribution in [2.24, 2.45) is 5.92 Å². The Balaban J connectivity index is 4.23. The summed E-state index contributed by atoms with van der Waals surface area (Å²) < 4.78 is 0. The number of nitrogens with one attached hydrogen (secondary N) is 1. The fourth-order valence-corrected chi connectivity index (χ4v) is 1.71. The van der Waals surface area contributed by atoms with Gasteiger partial charge in [-0.25, -0.2) is 0 Å². The molecule has 0 amide bonds. The fourth-order valence-electron chi connectivity index (χ4n) is 1.71. The first-order valence-electron chi connectivity index (χ1n) is 5.65. The molecule has 1 N–H and O–H groups in total. The van der Waals surface area contributed by atoms with Gasteiger partial charge in [0.25, 0.3) is 0 Å². The van der Waals surface area contributed by atoms with Crippen LogP contribution in [0.5, 0.6) is 0 Å². The number of rotatable bonds is 6. The Bertz CT molecular complexity index is 219. The average molecular weight is 211 g/mol. The Morgan fingerprint density at radius 2 is 1.93 bits per heavy atom. The summed E-state index contributed by atoms with van der Waals surface area (Å²) in [5, 5.41) is 12.1. The molecule has 3 heteroatoms. The molecule has 0 aromatic rings. The van der Waals surface area contributed by atoms with E-state index in [1.807, 2.05) is 14.0 Å². The standard InChI is InChI=1S/C12H25N3/c1-10(2)8-15(6)11(3)7-12(4,9-13)14-5/h10-11,14H,7-8H2,1-6H3. The molecule has 0 spiro atoms. The van der Waals surface area contributed by atoms with Crippen molar-refractivity contribution in [1.82, 2.24) is 10.2 Å². The minimum Gasteiger partial charge on any atom is -0.303 e. The quantitative estimate of drug-likeness (QED) is 0.729. The maximum Gasteiger partial charge on any atom is 0.105 e. The predicted molar refractivity (Wildman–Crippen MR) is 64.6 cm³/mol. The molecule has 88 valence electrons. The molecule has 0 heterocycles. The van der Waals surface area contributed by atoms with Crippen LogP contribution in [0.3, 0.4) is 0 Å². The van der Waals surface area contributed by atoms with Crippen molar-refractivity contribution < 1.29 is 0 Å². The third-order valence-electron chi connectivity index (χ3n) is 2.91. The van der Waals surface area contributed by atoms with E-state index in [0.717, 1.165) is 13.0 Å². The highest BCUT2D eigenvalue weighted by atomic mass is 15.1. The van der Waals surface area contributed by atoms with Crippen LogP contribution in [0.15, 0.2) is 0 Å². The normalized spacial score (nSPS) is 17.5. The summed E-state index contributed by atoms with van der Waals surface area (Å²) in [6, 6.07) is 2.75. The molecule has 2 unspecified atom stereocenters. The Labute approximate surface area is 94.5 Å². The lowest BCUT2D eigenvalue weighted by Crippen LogP contribution is -2.45. The molecule has 0 saturated carbocycles. The molecule has 15 heavy (non-hydrogen) atoms. The van der Waals surface area contributed by atoms with Crippen molar-refractivity contribution in [1.29, 1.82) is 5.26 Å². The van der Waals surface area contributed by atoms with Crippen molar-refractivity contribution in [3.8, 4) is 6.07 Å². The van der Waals surface area contributed by atoms with Crippen LogP contribution in [0.25, 0.3) is 0 Å². The van der Waals surface area contributed by atoms with E-state index >= 15 is 0 Å². The summed E-state index contributed by atoms with van der Waals surface area (Å²) in [4.78, 5) is 2.32. The van der Waals surface area contributed by atoms with Gasteiger partial charge in [-0.3, -0.25) is 0 Å². The number of hydrogen-bond donors (Lipinski definition) is 1. The number of nitriles is 1. The van der Waals surface area contributed by atoms with Gasteiger partial charge in [0.1, 0.15) is 5.54 Å². The molecular formula is C12H25N3. The number of hydrogen-bond acceptors (Lipinski definition) is 3. The summed E-state index contributed by atoms with van der Waals surface area (Å²) in [5.41, 5.74) is -0.412. The van der Waals surface area contributed by atoms with Gasteiger partial charge >= 0.3 is 0 Å². The zero-order valence-electron chi connectivity index (χ0n) is 11.0. The van der Waals surface area contributed by atoms with Crippen LogP contribution in [0.2, 0.25) is 0 Å². The summed E-state index contributed by atoms with van der Waals surface area (Å²) >= 11 is 0. The van der Waals surface area contributed by atoms with Gasteiger partial charge in [0.05, 0.1) is 6.07 Å². The van der Waals surface area contributed by atoms with Gasteiger partial charge < -0.3 is 10.2 Å². The highest BCUT2D eigenvalue weighted by Crippen LogP contribution is 2.15. The average Bonchev–Trinajstić information content (AvgIpc) is 2.16. The maximum atomic E-state index is 9.07. The van der Waals surface area contributed by atoms with Gasteiger partial charge in [-0.2, -0.15) is 5.26 Å². The molecule has 0 radical (unpaired) electrons. The molecule has 2 atom stereocenters. The molecule has 0 aliphatic rings. The Hall–Kier alpha value is -0.590. The first-order chi connectivity index (χ1) is 6.84. The first-order valence-corrected chi connectivity index (χ1v) is 5.65. The van der Waals surface area contributed by atoms with E-state index in [9.17, 15) is 0 Å². The SMILES string of the molecule is CNC(C)(C#N)CC(C)N(C)CC(C)C. The molecule has 0 rings (SSSR count). The van der Waals surface area contributed by atoms with Crippen molar-refractivity contribution in [3.05, 3.63) is 0 Å². The molecule has 0 aromatic heterocycles. The van der Waals surface area contributed by atoms with E-state index in [1.54, 1.807) is 0 Å². The second kappa shape index (κ2) is 6.09. The van der Waals surface area contributed by atoms with Gasteiger partial charge in [0.2, 0.25) is 0 Å². The summed E-state index contributed by atoms with van der Waals surface area (Å²) in [6.07, 6.45) is 0.850. The zero-order chi connectivity index (χ0) is 12.1. The van der Waals surface area contributed by atoms with Crippen LogP contribution < -0.4 is 5.32 Å². The third kappa shape index (κ3) is 5.15. The smallest absolute Gasteiger partial charge is 0.105 e. The van der Waals surface area contributed by atoms with Gasteiger partial charge in [-0.05, 0) is 40.3 Å². The Kier molecular flexibility index (Phi) is 5.85. The van der Waals surface area contributed by atoms with Crippen LogP contribution in [-0.2, 0) is 0 Å². The first kappa shape index (κ1) is 14.4. The Morgan fingerprint density at radius 1 is 1.40 bits per heavy atom. The minimum atomic E-state index is -0.412. The topological polar surface area (TPSA) is 39.1 Å². The lowest BCUT2D eigenvalue weighted by molar-refractivity contribution is 0.197. The highest BCUT2D eigenvalue weighted by Gasteiger charge is 2.25. The molecular weight excluding hydrogens is 186 g/mol. The summed E-state index contributed by atoms with van der Waals surface area (Å²) in [7, 11) is 3.97. The van der Waals surface area contributed by atoms with Crippen LogP contribution in [0.4, 0.5) is 0 Å². The molecule has 0 saturated heterocycles. The monoisotopic (exact) mass is 211 g/mol. The minimum absolute atomic E-state index is 0.412. The molecule has 3 nitrogen and oxygen atoms in total. The third-order valence-corrected chi connectivity index (χ3v) is 2.91. The van der Waals surface area contributed by atoms with E-state index in [2.05, 4.69) is 44.1 Å². The summed E-state index contributed by atoms with van der Waals surface area (Å²) in [5.74, 6) is 0.667. The van der Waals surface area contributed by atoms with Crippen LogP contribution in [-0.4, -0.2) is 37.1 Å². The summed E-state index contributed by atoms with van der Waals surface area (Å²) in [6.45, 7) is 9.63. The van der Waals surface area contributed by atoms with Gasteiger partial charge in [-0.15, -0.1) is 0 Å². The van der Waals surface area contributed by atoms with Crippen LogP contribution in [0, 0.1) is 17.2 Å². The highest BCUT2D eigenvalue weighted by molar-refractivity contribution is 5.04. The zero-order valence-corrected chi connectivity index (χ0v) is 11.0. The van der Waals surface area contributed by atoms with E-state index < -0.39 is 5.54 Å². The Morgan fingerprint density at radius 3 is 2.27 bits per heavy atom. The second-order valence-corrected chi connectivity index (χ2v) is 5.08. The number of nitrogens with zero attached hydrogens (tertiary/aromatic N) is 2. The van der Waals surface area contributed by atoms with Crippen molar-refractivity contribution in [2.75, 3.05) is 20.6 Å². The van der Waals surface area contributed by atoms with E-state index in [4.69, 9.17) is 5.26 Å². The van der Waals surface area contributed by atoms with Crippen LogP contribution in [0.1, 0.15) is 34.1 Å². The van der Waals surface area contributed by atoms with E-state index in [1.165, 1.54) is 0 Å². The van der Waals surface area contributed by atoms with Crippen molar-refractivity contribution in [2.45, 2.75) is 45.7 Å². The second-order valence-electron chi connectivity index (χ2n) is 5.08. The molecule has 0 fully saturated rings.